The number of ether oxygens (including phenoxy) is 1. The Morgan fingerprint density at radius 2 is 1.74 bits per heavy atom. The number of carbonyl (C=O) groups is 1. The first kappa shape index (κ1) is 14.1. The Morgan fingerprint density at radius 3 is 2.26 bits per heavy atom. The minimum Gasteiger partial charge on any atom is -0.381 e. The molecule has 0 bridgehead atoms. The summed E-state index contributed by atoms with van der Waals surface area (Å²) in [5.41, 5.74) is 3.22. The third-order valence-electron chi connectivity index (χ3n) is 4.11. The van der Waals surface area contributed by atoms with E-state index in [-0.39, 0.29) is 11.8 Å². The maximum absolute atomic E-state index is 12.3. The zero-order valence-electron chi connectivity index (χ0n) is 12.0. The average Bonchev–Trinajstić information content (AvgIpc) is 2.43. The molecule has 0 aliphatic heterocycles. The number of aryl methyl sites for hydroxylation is 2. The van der Waals surface area contributed by atoms with Crippen molar-refractivity contribution >= 4 is 11.6 Å². The zero-order chi connectivity index (χ0) is 13.8. The van der Waals surface area contributed by atoms with Crippen LogP contribution in [0.25, 0.3) is 0 Å². The van der Waals surface area contributed by atoms with E-state index in [1.54, 1.807) is 7.11 Å². The van der Waals surface area contributed by atoms with E-state index >= 15 is 0 Å². The molecule has 1 N–H and O–H groups in total. The Balaban J connectivity index is 1.98. The summed E-state index contributed by atoms with van der Waals surface area (Å²) in [4.78, 5) is 12.3. The van der Waals surface area contributed by atoms with Gasteiger partial charge in [0, 0.05) is 18.7 Å². The van der Waals surface area contributed by atoms with E-state index < -0.39 is 0 Å². The van der Waals surface area contributed by atoms with Crippen molar-refractivity contribution in [1.82, 2.24) is 0 Å². The van der Waals surface area contributed by atoms with Gasteiger partial charge >= 0.3 is 0 Å². The summed E-state index contributed by atoms with van der Waals surface area (Å²) in [5, 5.41) is 3.10. The molecule has 1 aromatic rings. The van der Waals surface area contributed by atoms with Gasteiger partial charge in [0.05, 0.1) is 6.10 Å². The van der Waals surface area contributed by atoms with Crippen LogP contribution in [-0.4, -0.2) is 19.1 Å². The highest BCUT2D eigenvalue weighted by molar-refractivity contribution is 5.94. The van der Waals surface area contributed by atoms with E-state index in [1.807, 2.05) is 32.0 Å². The number of carbonyl (C=O) groups excluding carboxylic acids is 1. The highest BCUT2D eigenvalue weighted by Crippen LogP contribution is 2.28. The number of hydrogen-bond acceptors (Lipinski definition) is 2. The van der Waals surface area contributed by atoms with Crippen molar-refractivity contribution in [3.63, 3.8) is 0 Å². The summed E-state index contributed by atoms with van der Waals surface area (Å²) in [6, 6.07) is 6.08. The van der Waals surface area contributed by atoms with Gasteiger partial charge in [0.15, 0.2) is 0 Å². The molecule has 0 aromatic heterocycles. The van der Waals surface area contributed by atoms with Crippen LogP contribution in [0.1, 0.15) is 36.8 Å². The van der Waals surface area contributed by atoms with Crippen LogP contribution in [-0.2, 0) is 9.53 Å². The highest BCUT2D eigenvalue weighted by Gasteiger charge is 2.26. The second-order valence-corrected chi connectivity index (χ2v) is 5.47. The van der Waals surface area contributed by atoms with Crippen molar-refractivity contribution in [3.05, 3.63) is 29.3 Å². The van der Waals surface area contributed by atoms with Crippen LogP contribution in [0.5, 0.6) is 0 Å². The topological polar surface area (TPSA) is 38.3 Å². The number of benzene rings is 1. The molecule has 1 saturated carbocycles. The summed E-state index contributed by atoms with van der Waals surface area (Å²) in [6.07, 6.45) is 4.16. The molecule has 0 atom stereocenters. The molecule has 1 aliphatic rings. The Labute approximate surface area is 115 Å². The van der Waals surface area contributed by atoms with Gasteiger partial charge in [-0.1, -0.05) is 18.2 Å². The lowest BCUT2D eigenvalue weighted by molar-refractivity contribution is -0.121. The fourth-order valence-electron chi connectivity index (χ4n) is 2.80. The van der Waals surface area contributed by atoms with E-state index in [2.05, 4.69) is 5.32 Å². The molecule has 3 nitrogen and oxygen atoms in total. The Hall–Kier alpha value is -1.35. The van der Waals surface area contributed by atoms with E-state index in [1.165, 1.54) is 0 Å². The van der Waals surface area contributed by atoms with E-state index in [0.717, 1.165) is 42.5 Å². The minimum atomic E-state index is 0.130. The van der Waals surface area contributed by atoms with Gasteiger partial charge in [-0.3, -0.25) is 4.79 Å². The highest BCUT2D eigenvalue weighted by atomic mass is 16.5. The number of rotatable bonds is 3. The molecule has 0 unspecified atom stereocenters. The van der Waals surface area contributed by atoms with Gasteiger partial charge in [-0.05, 0) is 50.7 Å². The molecule has 2 rings (SSSR count). The van der Waals surface area contributed by atoms with Gasteiger partial charge in [-0.15, -0.1) is 0 Å². The quantitative estimate of drug-likeness (QED) is 0.905. The molecule has 1 aromatic carbocycles. The third-order valence-corrected chi connectivity index (χ3v) is 4.11. The van der Waals surface area contributed by atoms with Crippen LogP contribution in [0.15, 0.2) is 18.2 Å². The first-order valence-corrected chi connectivity index (χ1v) is 7.01. The van der Waals surface area contributed by atoms with Crippen LogP contribution >= 0.6 is 0 Å². The SMILES string of the molecule is COC1CCC(C(=O)Nc2c(C)cccc2C)CC1. The molecule has 0 saturated heterocycles. The average molecular weight is 261 g/mol. The van der Waals surface area contributed by atoms with E-state index in [0.29, 0.717) is 6.10 Å². The Morgan fingerprint density at radius 1 is 1.16 bits per heavy atom. The van der Waals surface area contributed by atoms with Gasteiger partial charge in [0.25, 0.3) is 0 Å². The van der Waals surface area contributed by atoms with Crippen LogP contribution < -0.4 is 5.32 Å². The third kappa shape index (κ3) is 3.35. The second-order valence-electron chi connectivity index (χ2n) is 5.47. The van der Waals surface area contributed by atoms with Gasteiger partial charge in [0.1, 0.15) is 0 Å². The van der Waals surface area contributed by atoms with Crippen molar-refractivity contribution in [2.75, 3.05) is 12.4 Å². The zero-order valence-corrected chi connectivity index (χ0v) is 12.0. The minimum absolute atomic E-state index is 0.130. The number of anilines is 1. The van der Waals surface area contributed by atoms with Crippen LogP contribution in [0.3, 0.4) is 0 Å². The van der Waals surface area contributed by atoms with Crippen molar-refractivity contribution < 1.29 is 9.53 Å². The number of amides is 1. The molecule has 3 heteroatoms. The number of para-hydroxylation sites is 1. The van der Waals surface area contributed by atoms with Crippen molar-refractivity contribution in [3.8, 4) is 0 Å². The standard InChI is InChI=1S/C16H23NO2/c1-11-5-4-6-12(2)15(11)17-16(18)13-7-9-14(19-3)10-8-13/h4-6,13-14H,7-10H2,1-3H3,(H,17,18). The lowest BCUT2D eigenvalue weighted by Crippen LogP contribution is -2.29. The van der Waals surface area contributed by atoms with Gasteiger partial charge in [-0.2, -0.15) is 0 Å². The molecule has 0 radical (unpaired) electrons. The summed E-state index contributed by atoms with van der Waals surface area (Å²) in [6.45, 7) is 4.06. The largest absolute Gasteiger partial charge is 0.381 e. The van der Waals surface area contributed by atoms with E-state index in [4.69, 9.17) is 4.74 Å². The van der Waals surface area contributed by atoms with Crippen molar-refractivity contribution in [2.45, 2.75) is 45.6 Å². The normalized spacial score (nSPS) is 23.1. The molecule has 0 spiro atoms. The summed E-state index contributed by atoms with van der Waals surface area (Å²) in [5.74, 6) is 0.289. The van der Waals surface area contributed by atoms with Gasteiger partial charge in [-0.25, -0.2) is 0 Å². The fraction of sp³-hybridized carbons (Fsp3) is 0.562. The second kappa shape index (κ2) is 6.20. The van der Waals surface area contributed by atoms with Crippen LogP contribution in [0.2, 0.25) is 0 Å². The van der Waals surface area contributed by atoms with Crippen molar-refractivity contribution in [1.29, 1.82) is 0 Å². The van der Waals surface area contributed by atoms with Crippen molar-refractivity contribution in [2.24, 2.45) is 5.92 Å². The van der Waals surface area contributed by atoms with E-state index in [9.17, 15) is 4.79 Å². The van der Waals surface area contributed by atoms with Gasteiger partial charge < -0.3 is 10.1 Å². The predicted molar refractivity (Wildman–Crippen MR) is 77.3 cm³/mol. The molecule has 1 fully saturated rings. The lowest BCUT2D eigenvalue weighted by Gasteiger charge is -2.27. The molecule has 104 valence electrons. The smallest absolute Gasteiger partial charge is 0.227 e. The summed E-state index contributed by atoms with van der Waals surface area (Å²) < 4.78 is 5.34. The molecular formula is C16H23NO2. The Bertz CT molecular complexity index is 428. The maximum atomic E-state index is 12.3. The van der Waals surface area contributed by atoms with Crippen LogP contribution in [0.4, 0.5) is 5.69 Å². The first-order valence-electron chi connectivity index (χ1n) is 7.01. The number of hydrogen-bond donors (Lipinski definition) is 1. The molecule has 1 aliphatic carbocycles. The number of nitrogens with one attached hydrogen (secondary N) is 1. The molecule has 0 heterocycles. The maximum Gasteiger partial charge on any atom is 0.227 e. The summed E-state index contributed by atoms with van der Waals surface area (Å²) in [7, 11) is 1.75. The fourth-order valence-corrected chi connectivity index (χ4v) is 2.80. The van der Waals surface area contributed by atoms with Gasteiger partial charge in [0.2, 0.25) is 5.91 Å². The first-order chi connectivity index (χ1) is 9.11. The summed E-state index contributed by atoms with van der Waals surface area (Å²) >= 11 is 0. The lowest BCUT2D eigenvalue weighted by atomic mass is 9.86. The predicted octanol–water partition coefficient (Wildman–Crippen LogP) is 3.45. The Kier molecular flexibility index (Phi) is 4.59. The monoisotopic (exact) mass is 261 g/mol. The molecule has 1 amide bonds. The van der Waals surface area contributed by atoms with Crippen LogP contribution in [0, 0.1) is 19.8 Å². The number of methoxy groups -OCH3 is 1. The molecule has 19 heavy (non-hydrogen) atoms. The molecular weight excluding hydrogens is 238 g/mol.